The summed E-state index contributed by atoms with van der Waals surface area (Å²) in [5.74, 6) is -0.0319. The van der Waals surface area contributed by atoms with Gasteiger partial charge in [-0.25, -0.2) is 4.39 Å². The average molecular weight is 235 g/mol. The maximum atomic E-state index is 13.8. The van der Waals surface area contributed by atoms with Crippen molar-refractivity contribution in [3.63, 3.8) is 0 Å². The third kappa shape index (κ3) is 2.62. The summed E-state index contributed by atoms with van der Waals surface area (Å²) < 4.78 is 18.5. The lowest BCUT2D eigenvalue weighted by molar-refractivity contribution is 0.392. The number of benzene rings is 1. The summed E-state index contributed by atoms with van der Waals surface area (Å²) in [6.07, 6.45) is 0. The van der Waals surface area contributed by atoms with Crippen molar-refractivity contribution >= 4 is 5.88 Å². The Morgan fingerprint density at radius 1 is 1.35 bits per heavy atom. The van der Waals surface area contributed by atoms with Crippen LogP contribution in [0.2, 0.25) is 0 Å². The molecule has 0 amide bonds. The van der Waals surface area contributed by atoms with Crippen LogP contribution in [0, 0.1) is 5.82 Å². The molecule has 0 radical (unpaired) electrons. The molecule has 0 saturated carbocycles. The van der Waals surface area contributed by atoms with Crippen LogP contribution in [0.4, 0.5) is 10.3 Å². The Balaban J connectivity index is 2.30. The molecular formula is C12H14FN3O. The zero-order valence-corrected chi connectivity index (χ0v) is 9.77. The maximum absolute atomic E-state index is 13.8. The lowest BCUT2D eigenvalue weighted by Gasteiger charge is -2.10. The fraction of sp³-hybridized carbons (Fsp3) is 0.250. The SMILES string of the molecule is CN(C)Cc1ccc(-c2cc(N)on2)cc1F. The summed E-state index contributed by atoms with van der Waals surface area (Å²) in [6, 6.07) is 6.56. The lowest BCUT2D eigenvalue weighted by Crippen LogP contribution is -2.11. The Hall–Kier alpha value is -1.88. The Bertz CT molecular complexity index is 522. The second-order valence-corrected chi connectivity index (χ2v) is 4.16. The molecule has 0 aliphatic heterocycles. The number of nitrogens with zero attached hydrogens (tertiary/aromatic N) is 2. The van der Waals surface area contributed by atoms with Gasteiger partial charge in [0.05, 0.1) is 0 Å². The van der Waals surface area contributed by atoms with E-state index in [9.17, 15) is 4.39 Å². The quantitative estimate of drug-likeness (QED) is 0.885. The first-order valence-electron chi connectivity index (χ1n) is 5.22. The van der Waals surface area contributed by atoms with Crippen LogP contribution >= 0.6 is 0 Å². The fourth-order valence-electron chi connectivity index (χ4n) is 1.60. The van der Waals surface area contributed by atoms with E-state index in [0.717, 1.165) is 0 Å². The van der Waals surface area contributed by atoms with Crippen molar-refractivity contribution < 1.29 is 8.91 Å². The van der Waals surface area contributed by atoms with E-state index in [-0.39, 0.29) is 11.7 Å². The summed E-state index contributed by atoms with van der Waals surface area (Å²) in [5.41, 5.74) is 7.27. The third-order valence-corrected chi connectivity index (χ3v) is 2.36. The van der Waals surface area contributed by atoms with Gasteiger partial charge < -0.3 is 15.2 Å². The van der Waals surface area contributed by atoms with Gasteiger partial charge in [0, 0.05) is 23.7 Å². The average Bonchev–Trinajstić information content (AvgIpc) is 2.67. The second kappa shape index (κ2) is 4.55. The van der Waals surface area contributed by atoms with Gasteiger partial charge in [0.25, 0.3) is 0 Å². The Labute approximate surface area is 98.8 Å². The van der Waals surface area contributed by atoms with E-state index < -0.39 is 0 Å². The largest absolute Gasteiger partial charge is 0.368 e. The van der Waals surface area contributed by atoms with Crippen LogP contribution in [0.3, 0.4) is 0 Å². The van der Waals surface area contributed by atoms with Crippen molar-refractivity contribution in [1.82, 2.24) is 10.1 Å². The zero-order valence-electron chi connectivity index (χ0n) is 9.77. The first-order chi connectivity index (χ1) is 8.06. The Kier molecular flexibility index (Phi) is 3.10. The molecule has 0 saturated heterocycles. The standard InChI is InChI=1S/C12H14FN3O/c1-16(2)7-9-4-3-8(5-10(9)13)11-6-12(14)17-15-11/h3-6H,7,14H2,1-2H3. The highest BCUT2D eigenvalue weighted by Gasteiger charge is 2.09. The van der Waals surface area contributed by atoms with Crippen LogP contribution in [0.1, 0.15) is 5.56 Å². The minimum atomic E-state index is -0.252. The molecule has 0 atom stereocenters. The van der Waals surface area contributed by atoms with Crippen molar-refractivity contribution in [2.75, 3.05) is 19.8 Å². The van der Waals surface area contributed by atoms with Gasteiger partial charge in [-0.3, -0.25) is 0 Å². The van der Waals surface area contributed by atoms with Crippen LogP contribution in [0.15, 0.2) is 28.8 Å². The predicted octanol–water partition coefficient (Wildman–Crippen LogP) is 2.12. The van der Waals surface area contributed by atoms with Gasteiger partial charge in [0.15, 0.2) is 0 Å². The second-order valence-electron chi connectivity index (χ2n) is 4.16. The van der Waals surface area contributed by atoms with E-state index in [1.165, 1.54) is 6.07 Å². The van der Waals surface area contributed by atoms with Crippen molar-refractivity contribution in [2.45, 2.75) is 6.54 Å². The van der Waals surface area contributed by atoms with Crippen molar-refractivity contribution in [1.29, 1.82) is 0 Å². The number of nitrogens with two attached hydrogens (primary N) is 1. The van der Waals surface area contributed by atoms with Gasteiger partial charge in [-0.2, -0.15) is 0 Å². The topological polar surface area (TPSA) is 55.3 Å². The molecule has 4 nitrogen and oxygen atoms in total. The summed E-state index contributed by atoms with van der Waals surface area (Å²) in [6.45, 7) is 0.563. The summed E-state index contributed by atoms with van der Waals surface area (Å²) in [5, 5.41) is 3.74. The van der Waals surface area contributed by atoms with Gasteiger partial charge >= 0.3 is 0 Å². The Morgan fingerprint density at radius 2 is 2.12 bits per heavy atom. The van der Waals surface area contributed by atoms with Gasteiger partial charge in [-0.1, -0.05) is 17.3 Å². The van der Waals surface area contributed by atoms with Gasteiger partial charge in [-0.15, -0.1) is 0 Å². The maximum Gasteiger partial charge on any atom is 0.222 e. The van der Waals surface area contributed by atoms with E-state index in [1.807, 2.05) is 19.0 Å². The summed E-state index contributed by atoms with van der Waals surface area (Å²) in [7, 11) is 3.79. The minimum Gasteiger partial charge on any atom is -0.368 e. The van der Waals surface area contributed by atoms with Crippen LogP contribution in [0.5, 0.6) is 0 Å². The molecular weight excluding hydrogens is 221 g/mol. The number of nitrogen functional groups attached to an aromatic ring is 1. The lowest BCUT2D eigenvalue weighted by atomic mass is 10.1. The van der Waals surface area contributed by atoms with E-state index in [0.29, 0.717) is 23.4 Å². The molecule has 2 rings (SSSR count). The third-order valence-electron chi connectivity index (χ3n) is 2.36. The molecule has 0 aliphatic rings. The molecule has 1 aromatic heterocycles. The highest BCUT2D eigenvalue weighted by Crippen LogP contribution is 2.22. The van der Waals surface area contributed by atoms with Crippen molar-refractivity contribution in [3.05, 3.63) is 35.6 Å². The molecule has 0 unspecified atom stereocenters. The van der Waals surface area contributed by atoms with Crippen LogP contribution in [0.25, 0.3) is 11.3 Å². The molecule has 1 heterocycles. The first kappa shape index (κ1) is 11.6. The highest BCUT2D eigenvalue weighted by molar-refractivity contribution is 5.61. The zero-order chi connectivity index (χ0) is 12.4. The number of rotatable bonds is 3. The molecule has 0 aliphatic carbocycles. The summed E-state index contributed by atoms with van der Waals surface area (Å²) in [4.78, 5) is 1.91. The van der Waals surface area contributed by atoms with E-state index in [2.05, 4.69) is 5.16 Å². The number of hydrogen-bond acceptors (Lipinski definition) is 4. The smallest absolute Gasteiger partial charge is 0.222 e. The van der Waals surface area contributed by atoms with Gasteiger partial charge in [0.2, 0.25) is 5.88 Å². The normalized spacial score (nSPS) is 11.1. The molecule has 1 aromatic carbocycles. The minimum absolute atomic E-state index is 0.220. The van der Waals surface area contributed by atoms with E-state index in [1.54, 1.807) is 18.2 Å². The molecule has 17 heavy (non-hydrogen) atoms. The molecule has 2 aromatic rings. The molecule has 2 N–H and O–H groups in total. The van der Waals surface area contributed by atoms with Crippen molar-refractivity contribution in [3.8, 4) is 11.3 Å². The van der Waals surface area contributed by atoms with E-state index in [4.69, 9.17) is 10.3 Å². The van der Waals surface area contributed by atoms with Gasteiger partial charge in [-0.05, 0) is 20.2 Å². The highest BCUT2D eigenvalue weighted by atomic mass is 19.1. The van der Waals surface area contributed by atoms with Crippen molar-refractivity contribution in [2.24, 2.45) is 0 Å². The first-order valence-corrected chi connectivity index (χ1v) is 5.22. The van der Waals surface area contributed by atoms with Crippen LogP contribution in [-0.4, -0.2) is 24.2 Å². The van der Waals surface area contributed by atoms with E-state index >= 15 is 0 Å². The van der Waals surface area contributed by atoms with Gasteiger partial charge in [0.1, 0.15) is 11.5 Å². The molecule has 0 spiro atoms. The Morgan fingerprint density at radius 3 is 2.65 bits per heavy atom. The predicted molar refractivity (Wildman–Crippen MR) is 63.7 cm³/mol. The molecule has 0 bridgehead atoms. The number of anilines is 1. The number of aromatic nitrogens is 1. The number of halogens is 1. The monoisotopic (exact) mass is 235 g/mol. The molecule has 90 valence electrons. The molecule has 0 fully saturated rings. The van der Waals surface area contributed by atoms with Crippen LogP contribution < -0.4 is 5.73 Å². The summed E-state index contributed by atoms with van der Waals surface area (Å²) >= 11 is 0. The fourth-order valence-corrected chi connectivity index (χ4v) is 1.60. The number of hydrogen-bond donors (Lipinski definition) is 1. The molecule has 5 heteroatoms. The van der Waals surface area contributed by atoms with Crippen LogP contribution in [-0.2, 0) is 6.54 Å².